The summed E-state index contributed by atoms with van der Waals surface area (Å²) in [4.78, 5) is 15.3. The van der Waals surface area contributed by atoms with Crippen molar-refractivity contribution < 1.29 is 22.4 Å². The van der Waals surface area contributed by atoms with E-state index in [2.05, 4.69) is 10.3 Å². The van der Waals surface area contributed by atoms with Crippen LogP contribution in [0, 0.1) is 11.7 Å². The highest BCUT2D eigenvalue weighted by Gasteiger charge is 2.30. The summed E-state index contributed by atoms with van der Waals surface area (Å²) in [6.07, 6.45) is -3.21. The maximum atomic E-state index is 12.9. The molecule has 1 aromatic carbocycles. The topological polar surface area (TPSA) is 68.0 Å². The van der Waals surface area contributed by atoms with Crippen molar-refractivity contribution in [3.63, 3.8) is 0 Å². The Kier molecular flexibility index (Phi) is 5.38. The van der Waals surface area contributed by atoms with E-state index in [0.29, 0.717) is 5.56 Å². The van der Waals surface area contributed by atoms with Crippen molar-refractivity contribution in [2.75, 3.05) is 11.9 Å². The van der Waals surface area contributed by atoms with Gasteiger partial charge in [0.2, 0.25) is 5.91 Å². The highest BCUT2D eigenvalue weighted by molar-refractivity contribution is 5.77. The van der Waals surface area contributed by atoms with Crippen LogP contribution in [0.2, 0.25) is 0 Å². The number of anilines is 1. The first-order valence-corrected chi connectivity index (χ1v) is 7.06. The number of halogens is 4. The first-order chi connectivity index (χ1) is 11.3. The normalized spacial score (nSPS) is 12.7. The van der Waals surface area contributed by atoms with Gasteiger partial charge in [-0.15, -0.1) is 0 Å². The Morgan fingerprint density at radius 1 is 1.21 bits per heavy atom. The number of nitrogens with zero attached hydrogens (tertiary/aromatic N) is 1. The number of rotatable bonds is 6. The van der Waals surface area contributed by atoms with Crippen molar-refractivity contribution in [1.82, 2.24) is 4.98 Å². The number of carbonyl (C=O) groups is 1. The Labute approximate surface area is 135 Å². The zero-order valence-corrected chi connectivity index (χ0v) is 12.5. The van der Waals surface area contributed by atoms with Gasteiger partial charge in [-0.2, -0.15) is 13.2 Å². The fourth-order valence-electron chi connectivity index (χ4n) is 2.11. The Hall–Kier alpha value is -2.64. The third-order valence-corrected chi connectivity index (χ3v) is 3.41. The number of benzene rings is 1. The lowest BCUT2D eigenvalue weighted by Gasteiger charge is -2.15. The molecule has 0 aliphatic heterocycles. The average Bonchev–Trinajstić information content (AvgIpc) is 2.52. The van der Waals surface area contributed by atoms with E-state index in [1.807, 2.05) is 0 Å². The molecular formula is C16H15F4N3O. The molecule has 0 bridgehead atoms. The molecule has 1 heterocycles. The third kappa shape index (κ3) is 4.94. The van der Waals surface area contributed by atoms with Gasteiger partial charge in [-0.3, -0.25) is 4.79 Å². The lowest BCUT2D eigenvalue weighted by molar-refractivity contribution is -0.137. The molecule has 0 aliphatic rings. The molecule has 1 atom stereocenters. The summed E-state index contributed by atoms with van der Waals surface area (Å²) in [5.41, 5.74) is 5.18. The SMILES string of the molecule is NC(=O)C(CNc1cc(C(F)(F)F)ccn1)Cc1ccc(F)cc1. The van der Waals surface area contributed by atoms with Gasteiger partial charge in [0.1, 0.15) is 11.6 Å². The van der Waals surface area contributed by atoms with Crippen LogP contribution < -0.4 is 11.1 Å². The zero-order valence-electron chi connectivity index (χ0n) is 12.5. The van der Waals surface area contributed by atoms with E-state index in [1.165, 1.54) is 24.3 Å². The van der Waals surface area contributed by atoms with Gasteiger partial charge in [0, 0.05) is 12.7 Å². The Bertz CT molecular complexity index is 701. The molecular weight excluding hydrogens is 326 g/mol. The van der Waals surface area contributed by atoms with Crippen LogP contribution in [0.25, 0.3) is 0 Å². The van der Waals surface area contributed by atoms with E-state index >= 15 is 0 Å². The minimum atomic E-state index is -4.48. The quantitative estimate of drug-likeness (QED) is 0.794. The summed E-state index contributed by atoms with van der Waals surface area (Å²) < 4.78 is 50.8. The molecule has 0 aliphatic carbocycles. The highest BCUT2D eigenvalue weighted by atomic mass is 19.4. The number of aromatic nitrogens is 1. The number of hydrogen-bond donors (Lipinski definition) is 2. The van der Waals surface area contributed by atoms with Crippen molar-refractivity contribution in [3.8, 4) is 0 Å². The molecule has 1 unspecified atom stereocenters. The van der Waals surface area contributed by atoms with E-state index in [0.717, 1.165) is 18.3 Å². The van der Waals surface area contributed by atoms with Gasteiger partial charge in [-0.05, 0) is 36.2 Å². The Morgan fingerprint density at radius 2 is 1.88 bits per heavy atom. The van der Waals surface area contributed by atoms with E-state index in [-0.39, 0.29) is 18.8 Å². The van der Waals surface area contributed by atoms with Crippen LogP contribution in [0.1, 0.15) is 11.1 Å². The lowest BCUT2D eigenvalue weighted by atomic mass is 9.98. The van der Waals surface area contributed by atoms with Gasteiger partial charge in [0.15, 0.2) is 0 Å². The number of primary amides is 1. The first-order valence-electron chi connectivity index (χ1n) is 7.06. The van der Waals surface area contributed by atoms with Crippen LogP contribution in [0.5, 0.6) is 0 Å². The second-order valence-corrected chi connectivity index (χ2v) is 5.24. The predicted octanol–water partition coefficient (Wildman–Crippen LogP) is 3.00. The predicted molar refractivity (Wildman–Crippen MR) is 80.5 cm³/mol. The molecule has 3 N–H and O–H groups in total. The van der Waals surface area contributed by atoms with Crippen molar-refractivity contribution in [2.45, 2.75) is 12.6 Å². The number of alkyl halides is 3. The molecule has 0 spiro atoms. The van der Waals surface area contributed by atoms with E-state index in [4.69, 9.17) is 5.73 Å². The first kappa shape index (κ1) is 17.7. The smallest absolute Gasteiger partial charge is 0.369 e. The molecule has 0 fully saturated rings. The van der Waals surface area contributed by atoms with Crippen LogP contribution in [-0.2, 0) is 17.4 Å². The zero-order chi connectivity index (χ0) is 17.7. The summed E-state index contributed by atoms with van der Waals surface area (Å²) in [7, 11) is 0. The Morgan fingerprint density at radius 3 is 2.46 bits per heavy atom. The summed E-state index contributed by atoms with van der Waals surface area (Å²) in [5.74, 6) is -1.69. The standard InChI is InChI=1S/C16H15F4N3O/c17-13-3-1-10(2-4-13)7-11(15(21)24)9-23-14-8-12(5-6-22-14)16(18,19)20/h1-6,8,11H,7,9H2,(H2,21,24)(H,22,23). The lowest BCUT2D eigenvalue weighted by Crippen LogP contribution is -2.31. The monoisotopic (exact) mass is 341 g/mol. The molecule has 2 aromatic rings. The summed E-state index contributed by atoms with van der Waals surface area (Å²) >= 11 is 0. The van der Waals surface area contributed by atoms with Crippen LogP contribution in [0.3, 0.4) is 0 Å². The molecule has 24 heavy (non-hydrogen) atoms. The summed E-state index contributed by atoms with van der Waals surface area (Å²) in [6.45, 7) is 0.0149. The van der Waals surface area contributed by atoms with Gasteiger partial charge in [0.05, 0.1) is 11.5 Å². The van der Waals surface area contributed by atoms with Crippen LogP contribution >= 0.6 is 0 Å². The minimum Gasteiger partial charge on any atom is -0.369 e. The van der Waals surface area contributed by atoms with Crippen LogP contribution in [0.4, 0.5) is 23.4 Å². The number of pyridine rings is 1. The largest absolute Gasteiger partial charge is 0.416 e. The van der Waals surface area contributed by atoms with Crippen molar-refractivity contribution >= 4 is 11.7 Å². The van der Waals surface area contributed by atoms with Gasteiger partial charge in [-0.25, -0.2) is 9.37 Å². The summed E-state index contributed by atoms with van der Waals surface area (Å²) in [6, 6.07) is 7.27. The maximum Gasteiger partial charge on any atom is 0.416 e. The van der Waals surface area contributed by atoms with E-state index in [9.17, 15) is 22.4 Å². The van der Waals surface area contributed by atoms with Crippen molar-refractivity contribution in [1.29, 1.82) is 0 Å². The number of hydrogen-bond acceptors (Lipinski definition) is 3. The molecule has 4 nitrogen and oxygen atoms in total. The molecule has 8 heteroatoms. The van der Waals surface area contributed by atoms with E-state index < -0.39 is 29.4 Å². The fraction of sp³-hybridized carbons (Fsp3) is 0.250. The fourth-order valence-corrected chi connectivity index (χ4v) is 2.11. The molecule has 0 radical (unpaired) electrons. The molecule has 1 amide bonds. The van der Waals surface area contributed by atoms with Gasteiger partial charge in [0.25, 0.3) is 0 Å². The minimum absolute atomic E-state index is 0.00446. The Balaban J connectivity index is 2.04. The number of nitrogens with one attached hydrogen (secondary N) is 1. The van der Waals surface area contributed by atoms with Crippen LogP contribution in [0.15, 0.2) is 42.6 Å². The second kappa shape index (κ2) is 7.29. The molecule has 0 saturated heterocycles. The molecule has 128 valence electrons. The van der Waals surface area contributed by atoms with Crippen molar-refractivity contribution in [2.24, 2.45) is 11.7 Å². The van der Waals surface area contributed by atoms with Crippen molar-refractivity contribution in [3.05, 3.63) is 59.5 Å². The molecule has 2 rings (SSSR count). The summed E-state index contributed by atoms with van der Waals surface area (Å²) in [5, 5.41) is 2.68. The molecule has 0 saturated carbocycles. The number of nitrogens with two attached hydrogens (primary N) is 1. The third-order valence-electron chi connectivity index (χ3n) is 3.41. The van der Waals surface area contributed by atoms with Gasteiger partial charge < -0.3 is 11.1 Å². The molecule has 1 aromatic heterocycles. The highest BCUT2D eigenvalue weighted by Crippen LogP contribution is 2.29. The van der Waals surface area contributed by atoms with Crippen LogP contribution in [-0.4, -0.2) is 17.4 Å². The maximum absolute atomic E-state index is 12.9. The average molecular weight is 341 g/mol. The van der Waals surface area contributed by atoms with E-state index in [1.54, 1.807) is 0 Å². The second-order valence-electron chi connectivity index (χ2n) is 5.24. The number of amides is 1. The van der Waals surface area contributed by atoms with Gasteiger partial charge in [-0.1, -0.05) is 12.1 Å². The van der Waals surface area contributed by atoms with Gasteiger partial charge >= 0.3 is 6.18 Å². The number of carbonyl (C=O) groups excluding carboxylic acids is 1.